The Bertz CT molecular complexity index is 176. The first-order valence-corrected chi connectivity index (χ1v) is 8.96. The molecule has 0 heterocycles. The van der Waals surface area contributed by atoms with Gasteiger partial charge in [0.05, 0.1) is 13.2 Å². The minimum absolute atomic E-state index is 0.366. The molecular formula is C18H38O2. The molecule has 0 aliphatic heterocycles. The van der Waals surface area contributed by atoms with Gasteiger partial charge in [0.25, 0.3) is 0 Å². The molecule has 0 saturated heterocycles. The van der Waals surface area contributed by atoms with Gasteiger partial charge < -0.3 is 9.47 Å². The molecule has 0 amide bonds. The second-order valence-corrected chi connectivity index (χ2v) is 6.01. The molecule has 0 unspecified atom stereocenters. The van der Waals surface area contributed by atoms with Crippen LogP contribution in [0.25, 0.3) is 0 Å². The van der Waals surface area contributed by atoms with Crippen LogP contribution in [-0.2, 0) is 9.47 Å². The van der Waals surface area contributed by atoms with E-state index in [1.165, 1.54) is 51.4 Å². The van der Waals surface area contributed by atoms with Crippen molar-refractivity contribution in [1.82, 2.24) is 0 Å². The maximum atomic E-state index is 5.96. The van der Waals surface area contributed by atoms with Crippen molar-refractivity contribution in [3.63, 3.8) is 0 Å². The van der Waals surface area contributed by atoms with Crippen molar-refractivity contribution in [2.45, 2.75) is 104 Å². The summed E-state index contributed by atoms with van der Waals surface area (Å²) in [5.41, 5.74) is 0. The summed E-state index contributed by atoms with van der Waals surface area (Å²) in [6.07, 6.45) is 13.8. The highest BCUT2D eigenvalue weighted by Crippen LogP contribution is 2.19. The second-order valence-electron chi connectivity index (χ2n) is 6.01. The summed E-state index contributed by atoms with van der Waals surface area (Å²) in [5.74, 6) is -0.366. The van der Waals surface area contributed by atoms with Crippen LogP contribution >= 0.6 is 0 Å². The van der Waals surface area contributed by atoms with Crippen LogP contribution in [0.2, 0.25) is 0 Å². The monoisotopic (exact) mass is 286 g/mol. The molecule has 0 atom stereocenters. The average molecular weight is 286 g/mol. The van der Waals surface area contributed by atoms with Gasteiger partial charge in [0, 0.05) is 0 Å². The van der Waals surface area contributed by atoms with E-state index >= 15 is 0 Å². The van der Waals surface area contributed by atoms with Crippen LogP contribution in [0, 0.1) is 0 Å². The maximum Gasteiger partial charge on any atom is 0.165 e. The van der Waals surface area contributed by atoms with Crippen molar-refractivity contribution in [2.24, 2.45) is 0 Å². The van der Waals surface area contributed by atoms with E-state index in [0.717, 1.165) is 32.5 Å². The van der Waals surface area contributed by atoms with Crippen LogP contribution in [-0.4, -0.2) is 19.0 Å². The number of rotatable bonds is 15. The predicted octanol–water partition coefficient (Wildman–Crippen LogP) is 6.09. The smallest absolute Gasteiger partial charge is 0.165 e. The van der Waals surface area contributed by atoms with E-state index < -0.39 is 0 Å². The summed E-state index contributed by atoms with van der Waals surface area (Å²) in [6, 6.07) is 0. The Hall–Kier alpha value is -0.0800. The van der Waals surface area contributed by atoms with Crippen LogP contribution < -0.4 is 0 Å². The second kappa shape index (κ2) is 13.9. The fourth-order valence-corrected chi connectivity index (χ4v) is 2.23. The first kappa shape index (κ1) is 19.9. The number of hydrogen-bond donors (Lipinski definition) is 0. The molecule has 0 aliphatic carbocycles. The van der Waals surface area contributed by atoms with Crippen molar-refractivity contribution >= 4 is 0 Å². The fraction of sp³-hybridized carbons (Fsp3) is 1.00. The minimum atomic E-state index is -0.366. The average Bonchev–Trinajstić information content (AvgIpc) is 2.46. The van der Waals surface area contributed by atoms with E-state index in [0.29, 0.717) is 0 Å². The summed E-state index contributed by atoms with van der Waals surface area (Å²) in [4.78, 5) is 0. The first-order valence-electron chi connectivity index (χ1n) is 8.96. The quantitative estimate of drug-likeness (QED) is 0.268. The van der Waals surface area contributed by atoms with E-state index in [2.05, 4.69) is 27.7 Å². The standard InChI is InChI=1S/C18H38O2/c1-5-8-10-12-14-16-19-18(4,7-3)20-17-15-13-11-9-6-2/h5-17H2,1-4H3. The van der Waals surface area contributed by atoms with Crippen molar-refractivity contribution in [1.29, 1.82) is 0 Å². The van der Waals surface area contributed by atoms with Crippen molar-refractivity contribution in [3.05, 3.63) is 0 Å². The molecule has 0 spiro atoms. The molecule has 0 aromatic rings. The Morgan fingerprint density at radius 3 is 1.35 bits per heavy atom. The van der Waals surface area contributed by atoms with Gasteiger partial charge in [-0.1, -0.05) is 72.1 Å². The SMILES string of the molecule is CCCCCCCOC(C)(CC)OCCCCCCC. The summed E-state index contributed by atoms with van der Waals surface area (Å²) >= 11 is 0. The molecule has 2 heteroatoms. The van der Waals surface area contributed by atoms with Gasteiger partial charge in [-0.15, -0.1) is 0 Å². The van der Waals surface area contributed by atoms with Gasteiger partial charge in [0.15, 0.2) is 5.79 Å². The maximum absolute atomic E-state index is 5.96. The minimum Gasteiger partial charge on any atom is -0.350 e. The number of ether oxygens (including phenoxy) is 2. The van der Waals surface area contributed by atoms with Gasteiger partial charge in [-0.05, 0) is 26.2 Å². The highest BCUT2D eigenvalue weighted by Gasteiger charge is 2.22. The summed E-state index contributed by atoms with van der Waals surface area (Å²) in [5, 5.41) is 0. The van der Waals surface area contributed by atoms with Crippen molar-refractivity contribution < 1.29 is 9.47 Å². The molecule has 0 bridgehead atoms. The molecule has 0 radical (unpaired) electrons. The summed E-state index contributed by atoms with van der Waals surface area (Å²) in [6.45, 7) is 10.4. The van der Waals surface area contributed by atoms with Gasteiger partial charge >= 0.3 is 0 Å². The lowest BCUT2D eigenvalue weighted by molar-refractivity contribution is -0.228. The van der Waals surface area contributed by atoms with Gasteiger partial charge in [0.1, 0.15) is 0 Å². The molecule has 0 saturated carbocycles. The summed E-state index contributed by atoms with van der Waals surface area (Å²) in [7, 11) is 0. The Balaban J connectivity index is 3.57. The Morgan fingerprint density at radius 2 is 1.00 bits per heavy atom. The fourth-order valence-electron chi connectivity index (χ4n) is 2.23. The molecule has 2 nitrogen and oxygen atoms in total. The molecule has 0 rings (SSSR count). The zero-order valence-corrected chi connectivity index (χ0v) is 14.5. The van der Waals surface area contributed by atoms with Crippen molar-refractivity contribution in [3.8, 4) is 0 Å². The molecule has 20 heavy (non-hydrogen) atoms. The predicted molar refractivity (Wildman–Crippen MR) is 88.1 cm³/mol. The van der Waals surface area contributed by atoms with Crippen molar-refractivity contribution in [2.75, 3.05) is 13.2 Å². The number of hydrogen-bond acceptors (Lipinski definition) is 2. The Kier molecular flexibility index (Phi) is 13.8. The van der Waals surface area contributed by atoms with Gasteiger partial charge in [-0.25, -0.2) is 0 Å². The largest absolute Gasteiger partial charge is 0.350 e. The lowest BCUT2D eigenvalue weighted by Gasteiger charge is -2.29. The molecular weight excluding hydrogens is 248 g/mol. The van der Waals surface area contributed by atoms with E-state index in [-0.39, 0.29) is 5.79 Å². The van der Waals surface area contributed by atoms with Crippen LogP contribution in [0.3, 0.4) is 0 Å². The lowest BCUT2D eigenvalue weighted by Crippen LogP contribution is -2.32. The van der Waals surface area contributed by atoms with E-state index in [4.69, 9.17) is 9.47 Å². The molecule has 0 aromatic carbocycles. The highest BCUT2D eigenvalue weighted by molar-refractivity contribution is 4.60. The Labute approximate surface area is 127 Å². The zero-order valence-electron chi connectivity index (χ0n) is 14.5. The number of unbranched alkanes of at least 4 members (excludes halogenated alkanes) is 8. The zero-order chi connectivity index (χ0) is 15.1. The van der Waals surface area contributed by atoms with Crippen LogP contribution in [0.4, 0.5) is 0 Å². The van der Waals surface area contributed by atoms with E-state index in [9.17, 15) is 0 Å². The Morgan fingerprint density at radius 1 is 0.600 bits per heavy atom. The molecule has 0 N–H and O–H groups in total. The molecule has 0 fully saturated rings. The van der Waals surface area contributed by atoms with Gasteiger partial charge in [0.2, 0.25) is 0 Å². The van der Waals surface area contributed by atoms with Crippen LogP contribution in [0.15, 0.2) is 0 Å². The van der Waals surface area contributed by atoms with Crippen LogP contribution in [0.1, 0.15) is 98.3 Å². The molecule has 0 aliphatic rings. The molecule has 122 valence electrons. The van der Waals surface area contributed by atoms with E-state index in [1.807, 2.05) is 0 Å². The topological polar surface area (TPSA) is 18.5 Å². The summed E-state index contributed by atoms with van der Waals surface area (Å²) < 4.78 is 11.9. The lowest BCUT2D eigenvalue weighted by atomic mass is 10.1. The van der Waals surface area contributed by atoms with Crippen LogP contribution in [0.5, 0.6) is 0 Å². The van der Waals surface area contributed by atoms with Gasteiger partial charge in [-0.2, -0.15) is 0 Å². The third-order valence-corrected chi connectivity index (χ3v) is 3.95. The normalized spacial score (nSPS) is 12.0. The third-order valence-electron chi connectivity index (χ3n) is 3.95. The first-order chi connectivity index (χ1) is 9.68. The highest BCUT2D eigenvalue weighted by atomic mass is 16.7. The third kappa shape index (κ3) is 11.7. The molecule has 0 aromatic heterocycles. The van der Waals surface area contributed by atoms with Gasteiger partial charge in [-0.3, -0.25) is 0 Å². The van der Waals surface area contributed by atoms with E-state index in [1.54, 1.807) is 0 Å².